The van der Waals surface area contributed by atoms with Gasteiger partial charge in [-0.2, -0.15) is 25.3 Å². The highest BCUT2D eigenvalue weighted by Gasteiger charge is 2.42. The van der Waals surface area contributed by atoms with Gasteiger partial charge in [-0.05, 0) is 33.3 Å². The van der Waals surface area contributed by atoms with Crippen molar-refractivity contribution in [1.82, 2.24) is 0 Å². The number of para-hydroxylation sites is 2. The van der Waals surface area contributed by atoms with Crippen LogP contribution in [0.1, 0.15) is 0 Å². The zero-order chi connectivity index (χ0) is 12.6. The first-order chi connectivity index (χ1) is 8.81. The number of hydrogen-bond donors (Lipinski definition) is 2. The Labute approximate surface area is 119 Å². The minimum absolute atomic E-state index is 0.855. The zero-order valence-electron chi connectivity index (χ0n) is 9.84. The number of fused-ring (bicyclic) bond motifs is 2. The van der Waals surface area contributed by atoms with Crippen molar-refractivity contribution < 1.29 is 4.74 Å². The van der Waals surface area contributed by atoms with Crippen LogP contribution in [-0.2, 0) is 0 Å². The van der Waals surface area contributed by atoms with Crippen molar-refractivity contribution in [2.24, 2.45) is 0 Å². The Balaban J connectivity index is 2.30. The Kier molecular flexibility index (Phi) is 3.17. The monoisotopic (exact) mass is 290 g/mol. The Morgan fingerprint density at radius 2 is 1.22 bits per heavy atom. The van der Waals surface area contributed by atoms with Gasteiger partial charge in [0.15, 0.2) is 0 Å². The summed E-state index contributed by atoms with van der Waals surface area (Å²) in [7, 11) is -1.87. The molecule has 3 rings (SSSR count). The molecule has 1 aliphatic rings. The van der Waals surface area contributed by atoms with Crippen LogP contribution in [0.2, 0.25) is 0 Å². The third-order valence-corrected chi connectivity index (χ3v) is 10.8. The molecule has 0 saturated carbocycles. The minimum atomic E-state index is -1.87. The van der Waals surface area contributed by atoms with Crippen molar-refractivity contribution in [3.05, 3.63) is 48.5 Å². The predicted molar refractivity (Wildman–Crippen MR) is 85.7 cm³/mol. The van der Waals surface area contributed by atoms with Crippen LogP contribution in [0, 0.1) is 0 Å². The van der Waals surface area contributed by atoms with Crippen molar-refractivity contribution >= 4 is 43.7 Å². The number of thiol groups is 2. The molecule has 1 aliphatic heterocycles. The van der Waals surface area contributed by atoms with Gasteiger partial charge < -0.3 is 4.74 Å². The van der Waals surface area contributed by atoms with Gasteiger partial charge in [0.1, 0.15) is 19.6 Å². The SMILES string of the molecule is SC[Si]1(CS)c2ccccc2Oc2ccccc21. The second kappa shape index (κ2) is 4.68. The molecule has 0 radical (unpaired) electrons. The van der Waals surface area contributed by atoms with Gasteiger partial charge in [-0.3, -0.25) is 0 Å². The molecule has 0 N–H and O–H groups in total. The van der Waals surface area contributed by atoms with Crippen LogP contribution >= 0.6 is 25.3 Å². The maximum absolute atomic E-state index is 6.00. The molecule has 1 heterocycles. The van der Waals surface area contributed by atoms with Crippen LogP contribution in [0.25, 0.3) is 0 Å². The van der Waals surface area contributed by atoms with Crippen molar-refractivity contribution in [1.29, 1.82) is 0 Å². The summed E-state index contributed by atoms with van der Waals surface area (Å²) in [6.45, 7) is 0. The van der Waals surface area contributed by atoms with Gasteiger partial charge in [-0.15, -0.1) is 0 Å². The summed E-state index contributed by atoms with van der Waals surface area (Å²) >= 11 is 9.27. The van der Waals surface area contributed by atoms with Gasteiger partial charge in [0.2, 0.25) is 0 Å². The molecule has 0 aromatic heterocycles. The molecule has 0 amide bonds. The van der Waals surface area contributed by atoms with Crippen LogP contribution in [0.3, 0.4) is 0 Å². The van der Waals surface area contributed by atoms with Crippen LogP contribution in [0.5, 0.6) is 11.5 Å². The fraction of sp³-hybridized carbons (Fsp3) is 0.143. The van der Waals surface area contributed by atoms with Crippen LogP contribution in [0.15, 0.2) is 48.5 Å². The maximum Gasteiger partial charge on any atom is 0.146 e. The minimum Gasteiger partial charge on any atom is -0.458 e. The van der Waals surface area contributed by atoms with E-state index >= 15 is 0 Å². The zero-order valence-corrected chi connectivity index (χ0v) is 12.6. The Hall–Kier alpha value is -0.843. The molecule has 0 aliphatic carbocycles. The van der Waals surface area contributed by atoms with E-state index in [1.54, 1.807) is 0 Å². The quantitative estimate of drug-likeness (QED) is 0.637. The lowest BCUT2D eigenvalue weighted by Crippen LogP contribution is -2.64. The van der Waals surface area contributed by atoms with E-state index in [1.807, 2.05) is 24.3 Å². The summed E-state index contributed by atoms with van der Waals surface area (Å²) in [6, 6.07) is 16.6. The van der Waals surface area contributed by atoms with Gasteiger partial charge in [0.25, 0.3) is 0 Å². The van der Waals surface area contributed by atoms with E-state index in [-0.39, 0.29) is 0 Å². The van der Waals surface area contributed by atoms with E-state index in [9.17, 15) is 0 Å². The molecule has 2 aromatic rings. The molecule has 0 spiro atoms. The number of ether oxygens (including phenoxy) is 1. The standard InChI is InChI=1S/C14H14OS2Si/c16-9-18(10-17)13-7-3-1-5-11(13)15-12-6-2-4-8-14(12)18/h1-8,16-17H,9-10H2. The summed E-state index contributed by atoms with van der Waals surface area (Å²) < 4.78 is 6.00. The smallest absolute Gasteiger partial charge is 0.146 e. The molecule has 2 aromatic carbocycles. The van der Waals surface area contributed by atoms with Gasteiger partial charge in [-0.25, -0.2) is 0 Å². The molecule has 0 saturated heterocycles. The number of hydrogen-bond acceptors (Lipinski definition) is 3. The molecule has 18 heavy (non-hydrogen) atoms. The van der Waals surface area contributed by atoms with Gasteiger partial charge in [-0.1, -0.05) is 36.4 Å². The third kappa shape index (κ3) is 1.63. The van der Waals surface area contributed by atoms with Crippen molar-refractivity contribution in [2.45, 2.75) is 0 Å². The summed E-state index contributed by atoms with van der Waals surface area (Å²) in [5.41, 5.74) is 0. The van der Waals surface area contributed by atoms with E-state index in [1.165, 1.54) is 10.4 Å². The molecule has 0 fully saturated rings. The number of rotatable bonds is 2. The highest BCUT2D eigenvalue weighted by atomic mass is 32.1. The third-order valence-electron chi connectivity index (χ3n) is 3.57. The van der Waals surface area contributed by atoms with Crippen molar-refractivity contribution in [3.63, 3.8) is 0 Å². The number of benzene rings is 2. The molecule has 0 atom stereocenters. The predicted octanol–water partition coefficient (Wildman–Crippen LogP) is 2.29. The summed E-state index contributed by atoms with van der Waals surface area (Å²) in [6.07, 6.45) is 0. The first-order valence-corrected chi connectivity index (χ1v) is 9.58. The molecule has 4 heteroatoms. The van der Waals surface area contributed by atoms with Crippen molar-refractivity contribution in [2.75, 3.05) is 10.8 Å². The second-order valence-electron chi connectivity index (χ2n) is 4.49. The largest absolute Gasteiger partial charge is 0.458 e. The highest BCUT2D eigenvalue weighted by Crippen LogP contribution is 2.29. The molecule has 0 bridgehead atoms. The van der Waals surface area contributed by atoms with E-state index in [4.69, 9.17) is 4.74 Å². The topological polar surface area (TPSA) is 9.23 Å². The lowest BCUT2D eigenvalue weighted by Gasteiger charge is -2.36. The Bertz CT molecular complexity index is 534. The van der Waals surface area contributed by atoms with Crippen LogP contribution in [-0.4, -0.2) is 18.8 Å². The van der Waals surface area contributed by atoms with Gasteiger partial charge in [0.05, 0.1) is 0 Å². The summed E-state index contributed by atoms with van der Waals surface area (Å²) in [4.78, 5) is 0. The lowest BCUT2D eigenvalue weighted by atomic mass is 10.3. The van der Waals surface area contributed by atoms with E-state index in [2.05, 4.69) is 49.5 Å². The fourth-order valence-corrected chi connectivity index (χ4v) is 8.91. The van der Waals surface area contributed by atoms with Gasteiger partial charge >= 0.3 is 0 Å². The summed E-state index contributed by atoms with van der Waals surface area (Å²) in [5, 5.41) is 4.34. The van der Waals surface area contributed by atoms with Gasteiger partial charge in [0, 0.05) is 0 Å². The first kappa shape index (κ1) is 12.2. The van der Waals surface area contributed by atoms with Crippen molar-refractivity contribution in [3.8, 4) is 11.5 Å². The Morgan fingerprint density at radius 1 is 0.778 bits per heavy atom. The molecule has 1 nitrogen and oxygen atoms in total. The maximum atomic E-state index is 6.00. The van der Waals surface area contributed by atoms with Crippen LogP contribution < -0.4 is 15.1 Å². The normalized spacial score (nSPS) is 15.4. The molecule has 0 unspecified atom stereocenters. The molecular formula is C14H14OS2Si. The second-order valence-corrected chi connectivity index (χ2v) is 10.3. The Morgan fingerprint density at radius 3 is 1.67 bits per heavy atom. The van der Waals surface area contributed by atoms with Crippen LogP contribution in [0.4, 0.5) is 0 Å². The van der Waals surface area contributed by atoms with E-state index in [0.717, 1.165) is 22.3 Å². The highest BCUT2D eigenvalue weighted by molar-refractivity contribution is 7.86. The fourth-order valence-electron chi connectivity index (χ4n) is 2.56. The summed E-state index contributed by atoms with van der Waals surface area (Å²) in [5.74, 6) is 1.96. The van der Waals surface area contributed by atoms with E-state index < -0.39 is 8.07 Å². The average molecular weight is 290 g/mol. The molecular weight excluding hydrogens is 276 g/mol. The molecule has 92 valence electrons. The lowest BCUT2D eigenvalue weighted by molar-refractivity contribution is 0.486. The van der Waals surface area contributed by atoms with E-state index in [0.29, 0.717) is 0 Å². The first-order valence-electron chi connectivity index (χ1n) is 5.90. The average Bonchev–Trinajstić information content (AvgIpc) is 2.45.